The average molecular weight is 429 g/mol. The van der Waals surface area contributed by atoms with Crippen molar-refractivity contribution < 1.29 is 14.1 Å². The highest BCUT2D eigenvalue weighted by Crippen LogP contribution is 2.30. The highest BCUT2D eigenvalue weighted by Gasteiger charge is 2.35. The Hall–Kier alpha value is -0.890. The maximum atomic E-state index is 12.6. The number of fused-ring (bicyclic) bond motifs is 1. The van der Waals surface area contributed by atoms with Crippen molar-refractivity contribution in [1.82, 2.24) is 5.32 Å². The maximum Gasteiger partial charge on any atom is 0.328 e. The number of carbonyl (C=O) groups excluding carboxylic acids is 1. The van der Waals surface area contributed by atoms with E-state index < -0.39 is 27.8 Å². The zero-order chi connectivity index (χ0) is 19.0. The van der Waals surface area contributed by atoms with Crippen LogP contribution < -0.4 is 5.32 Å². The van der Waals surface area contributed by atoms with Gasteiger partial charge in [0.25, 0.3) is 0 Å². The van der Waals surface area contributed by atoms with Crippen LogP contribution in [-0.4, -0.2) is 33.1 Å². The van der Waals surface area contributed by atoms with Gasteiger partial charge in [-0.15, -0.1) is 0 Å². The van der Waals surface area contributed by atoms with Crippen molar-refractivity contribution in [2.24, 2.45) is 4.40 Å². The molecule has 0 saturated heterocycles. The molecule has 138 valence electrons. The minimum atomic E-state index is -1.37. The van der Waals surface area contributed by atoms with Gasteiger partial charge in [-0.1, -0.05) is 26.4 Å². The fourth-order valence-corrected chi connectivity index (χ4v) is 3.34. The fraction of sp³-hybridized carbons (Fsp3) is 0.556. The van der Waals surface area contributed by atoms with Gasteiger partial charge in [-0.25, -0.2) is 4.79 Å². The van der Waals surface area contributed by atoms with E-state index >= 15 is 0 Å². The van der Waals surface area contributed by atoms with Gasteiger partial charge in [0.1, 0.15) is 33.5 Å². The van der Waals surface area contributed by atoms with Gasteiger partial charge in [-0.3, -0.25) is 5.32 Å². The van der Waals surface area contributed by atoms with Crippen LogP contribution in [0.3, 0.4) is 0 Å². The van der Waals surface area contributed by atoms with E-state index in [0.29, 0.717) is 12.3 Å². The van der Waals surface area contributed by atoms with E-state index in [9.17, 15) is 9.35 Å². The third-order valence-electron chi connectivity index (χ3n) is 3.47. The molecule has 0 aromatic heterocycles. The molecule has 0 spiro atoms. The average Bonchev–Trinajstić information content (AvgIpc) is 2.44. The summed E-state index contributed by atoms with van der Waals surface area (Å²) in [5.41, 5.74) is 1.73. The van der Waals surface area contributed by atoms with E-state index in [1.165, 1.54) is 0 Å². The topological polar surface area (TPSA) is 73.8 Å². The number of rotatable bonds is 2. The summed E-state index contributed by atoms with van der Waals surface area (Å²) in [5, 5.41) is 3.17. The minimum Gasteiger partial charge on any atom is -0.591 e. The van der Waals surface area contributed by atoms with Crippen molar-refractivity contribution in [1.29, 1.82) is 0 Å². The molecule has 7 heteroatoms. The van der Waals surface area contributed by atoms with Crippen LogP contribution in [0.25, 0.3) is 0 Å². The predicted octanol–water partition coefficient (Wildman–Crippen LogP) is 3.69. The third kappa shape index (κ3) is 5.29. The summed E-state index contributed by atoms with van der Waals surface area (Å²) in [6.07, 6.45) is 0. The smallest absolute Gasteiger partial charge is 0.328 e. The van der Waals surface area contributed by atoms with E-state index in [4.69, 9.17) is 4.74 Å². The molecule has 2 unspecified atom stereocenters. The molecule has 1 aromatic rings. The highest BCUT2D eigenvalue weighted by atomic mass is 79.9. The van der Waals surface area contributed by atoms with Gasteiger partial charge in [0, 0.05) is 16.6 Å². The first-order valence-electron chi connectivity index (χ1n) is 8.14. The summed E-state index contributed by atoms with van der Waals surface area (Å²) in [6.45, 7) is 11.5. The third-order valence-corrected chi connectivity index (χ3v) is 5.40. The van der Waals surface area contributed by atoms with Gasteiger partial charge < -0.3 is 9.29 Å². The van der Waals surface area contributed by atoms with E-state index in [2.05, 4.69) is 25.6 Å². The van der Waals surface area contributed by atoms with Crippen LogP contribution in [0.5, 0.6) is 0 Å². The number of carbonyl (C=O) groups is 1. The molecule has 5 nitrogen and oxygen atoms in total. The van der Waals surface area contributed by atoms with E-state index in [1.54, 1.807) is 0 Å². The lowest BCUT2D eigenvalue weighted by molar-refractivity contribution is -0.157. The molecule has 2 rings (SSSR count). The van der Waals surface area contributed by atoms with Crippen LogP contribution in [0.1, 0.15) is 58.7 Å². The first kappa shape index (κ1) is 20.4. The van der Waals surface area contributed by atoms with Gasteiger partial charge in [0.15, 0.2) is 0 Å². The lowest BCUT2D eigenvalue weighted by Crippen LogP contribution is -2.42. The number of nitrogens with one attached hydrogen (secondary N) is 1. The fourth-order valence-electron chi connectivity index (χ4n) is 2.33. The standard InChI is InChI=1S/C18H25BrN2O3S/c1-17(2,3)24-16(22)15-13-9-11(19)7-8-12(13)14(10-20-15)21-25(23)18(4,5)6/h7-9,15,20H,10H2,1-6H3. The van der Waals surface area contributed by atoms with Gasteiger partial charge in [-0.2, -0.15) is 0 Å². The number of esters is 1. The van der Waals surface area contributed by atoms with Crippen molar-refractivity contribution >= 4 is 39.0 Å². The van der Waals surface area contributed by atoms with Crippen LogP contribution in [0.15, 0.2) is 27.1 Å². The van der Waals surface area contributed by atoms with Gasteiger partial charge >= 0.3 is 5.97 Å². The zero-order valence-electron chi connectivity index (χ0n) is 15.5. The first-order valence-corrected chi connectivity index (χ1v) is 10.0. The highest BCUT2D eigenvalue weighted by molar-refractivity contribution is 9.10. The predicted molar refractivity (Wildman–Crippen MR) is 105 cm³/mol. The molecule has 1 aliphatic heterocycles. The Balaban J connectivity index is 2.41. The molecule has 0 aliphatic carbocycles. The molecule has 1 heterocycles. The van der Waals surface area contributed by atoms with Crippen LogP contribution in [0.2, 0.25) is 0 Å². The number of halogens is 1. The second-order valence-corrected chi connectivity index (χ2v) is 10.8. The summed E-state index contributed by atoms with van der Waals surface area (Å²) in [6, 6.07) is 5.10. The van der Waals surface area contributed by atoms with E-state index in [-0.39, 0.29) is 5.97 Å². The molecule has 25 heavy (non-hydrogen) atoms. The molecule has 0 saturated carbocycles. The second-order valence-electron chi connectivity index (χ2n) is 7.98. The summed E-state index contributed by atoms with van der Waals surface area (Å²) in [7, 11) is 0. The quantitative estimate of drug-likeness (QED) is 0.575. The zero-order valence-corrected chi connectivity index (χ0v) is 17.9. The lowest BCUT2D eigenvalue weighted by Gasteiger charge is -2.30. The Labute approximate surface area is 161 Å². The van der Waals surface area contributed by atoms with Crippen molar-refractivity contribution in [3.05, 3.63) is 33.8 Å². The number of ether oxygens (including phenoxy) is 1. The van der Waals surface area contributed by atoms with E-state index in [1.807, 2.05) is 59.7 Å². The largest absolute Gasteiger partial charge is 0.591 e. The molecule has 1 aliphatic rings. The normalized spacial score (nSPS) is 21.0. The van der Waals surface area contributed by atoms with Crippen molar-refractivity contribution in [2.75, 3.05) is 6.54 Å². The Morgan fingerprint density at radius 1 is 1.32 bits per heavy atom. The number of hydrogen-bond acceptors (Lipinski definition) is 5. The van der Waals surface area contributed by atoms with Crippen LogP contribution in [-0.2, 0) is 20.9 Å². The van der Waals surface area contributed by atoms with Crippen molar-refractivity contribution in [2.45, 2.75) is 57.9 Å². The Bertz CT molecular complexity index is 693. The molecule has 0 amide bonds. The molecular weight excluding hydrogens is 404 g/mol. The van der Waals surface area contributed by atoms with E-state index in [0.717, 1.165) is 15.6 Å². The van der Waals surface area contributed by atoms with Crippen molar-refractivity contribution in [3.8, 4) is 0 Å². The summed E-state index contributed by atoms with van der Waals surface area (Å²) < 4.78 is 22.8. The molecular formula is C18H25BrN2O3S. The van der Waals surface area contributed by atoms with Crippen LogP contribution in [0.4, 0.5) is 0 Å². The molecule has 0 fully saturated rings. The number of hydrogen-bond donors (Lipinski definition) is 1. The van der Waals surface area contributed by atoms with Gasteiger partial charge in [0.05, 0.1) is 0 Å². The van der Waals surface area contributed by atoms with Gasteiger partial charge in [0.2, 0.25) is 0 Å². The summed E-state index contributed by atoms with van der Waals surface area (Å²) in [5.74, 6) is -0.331. The van der Waals surface area contributed by atoms with Crippen LogP contribution >= 0.6 is 15.9 Å². The SMILES string of the molecule is CC(C)(C)OC(=O)C1NCC(=N[S+]([O-])C(C)(C)C)c2ccc(Br)cc21. The number of benzene rings is 1. The summed E-state index contributed by atoms with van der Waals surface area (Å²) >= 11 is 2.09. The second kappa shape index (κ2) is 7.39. The summed E-state index contributed by atoms with van der Waals surface area (Å²) in [4.78, 5) is 12.6. The number of nitrogens with zero attached hydrogens (tertiary/aromatic N) is 1. The Kier molecular flexibility index (Phi) is 6.03. The molecule has 0 radical (unpaired) electrons. The molecule has 1 N–H and O–H groups in total. The minimum absolute atomic E-state index is 0.331. The van der Waals surface area contributed by atoms with Gasteiger partial charge in [-0.05, 0) is 59.2 Å². The Morgan fingerprint density at radius 2 is 1.96 bits per heavy atom. The lowest BCUT2D eigenvalue weighted by atomic mass is 9.93. The van der Waals surface area contributed by atoms with Crippen molar-refractivity contribution in [3.63, 3.8) is 0 Å². The molecule has 1 aromatic carbocycles. The monoisotopic (exact) mass is 428 g/mol. The maximum absolute atomic E-state index is 12.6. The van der Waals surface area contributed by atoms with Crippen LogP contribution in [0, 0.1) is 0 Å². The molecule has 0 bridgehead atoms. The Morgan fingerprint density at radius 3 is 2.52 bits per heavy atom. The molecule has 2 atom stereocenters. The first-order chi connectivity index (χ1) is 11.4.